The number of aryl methyl sites for hydroxylation is 1. The van der Waals surface area contributed by atoms with Gasteiger partial charge in [-0.1, -0.05) is 30.7 Å². The molecule has 0 aliphatic carbocycles. The van der Waals surface area contributed by atoms with Crippen molar-refractivity contribution in [3.05, 3.63) is 50.7 Å². The number of rotatable bonds is 5. The van der Waals surface area contributed by atoms with Gasteiger partial charge >= 0.3 is 0 Å². The van der Waals surface area contributed by atoms with Crippen LogP contribution < -0.4 is 4.74 Å². The van der Waals surface area contributed by atoms with Crippen molar-refractivity contribution in [3.8, 4) is 5.75 Å². The molecule has 1 aromatic carbocycles. The van der Waals surface area contributed by atoms with Gasteiger partial charge in [0.1, 0.15) is 5.75 Å². The Balaban J connectivity index is 2.20. The van der Waals surface area contributed by atoms with Crippen LogP contribution in [0.25, 0.3) is 0 Å². The highest BCUT2D eigenvalue weighted by Crippen LogP contribution is 2.38. The van der Waals surface area contributed by atoms with E-state index in [4.69, 9.17) is 27.9 Å². The van der Waals surface area contributed by atoms with Crippen molar-refractivity contribution in [1.82, 2.24) is 0 Å². The SMILES string of the molecule is CCCOc1cccc(C(Cl)c2cc(C)c(Cl)s2)c1. The highest BCUT2D eigenvalue weighted by atomic mass is 35.5. The van der Waals surface area contributed by atoms with Gasteiger partial charge in [0, 0.05) is 4.88 Å². The molecule has 2 aromatic rings. The van der Waals surface area contributed by atoms with Crippen molar-refractivity contribution in [1.29, 1.82) is 0 Å². The van der Waals surface area contributed by atoms with Gasteiger partial charge < -0.3 is 4.74 Å². The van der Waals surface area contributed by atoms with Crippen LogP contribution in [0.1, 0.15) is 34.7 Å². The highest BCUT2D eigenvalue weighted by molar-refractivity contribution is 7.16. The number of benzene rings is 1. The van der Waals surface area contributed by atoms with Crippen LogP contribution in [0.4, 0.5) is 0 Å². The summed E-state index contributed by atoms with van der Waals surface area (Å²) in [4.78, 5) is 1.07. The predicted molar refractivity (Wildman–Crippen MR) is 84.0 cm³/mol. The van der Waals surface area contributed by atoms with Crippen molar-refractivity contribution in [2.24, 2.45) is 0 Å². The van der Waals surface area contributed by atoms with E-state index in [0.29, 0.717) is 0 Å². The maximum Gasteiger partial charge on any atom is 0.119 e. The molecule has 19 heavy (non-hydrogen) atoms. The molecular formula is C15H16Cl2OS. The van der Waals surface area contributed by atoms with Crippen molar-refractivity contribution < 1.29 is 4.74 Å². The number of hydrogen-bond donors (Lipinski definition) is 0. The van der Waals surface area contributed by atoms with Crippen LogP contribution in [0.15, 0.2) is 30.3 Å². The van der Waals surface area contributed by atoms with Crippen molar-refractivity contribution in [2.45, 2.75) is 25.6 Å². The summed E-state index contributed by atoms with van der Waals surface area (Å²) in [5.74, 6) is 0.865. The fourth-order valence-corrected chi connectivity index (χ4v) is 3.31. The molecule has 0 aliphatic heterocycles. The zero-order chi connectivity index (χ0) is 13.8. The van der Waals surface area contributed by atoms with E-state index < -0.39 is 0 Å². The molecule has 1 aromatic heterocycles. The molecule has 0 saturated heterocycles. The summed E-state index contributed by atoms with van der Waals surface area (Å²) in [6, 6.07) is 9.98. The predicted octanol–water partition coefficient (Wildman–Crippen LogP) is 5.83. The lowest BCUT2D eigenvalue weighted by Gasteiger charge is -2.10. The van der Waals surface area contributed by atoms with Gasteiger partial charge in [0.15, 0.2) is 0 Å². The third-order valence-electron chi connectivity index (χ3n) is 2.75. The summed E-state index contributed by atoms with van der Waals surface area (Å²) < 4.78 is 6.43. The minimum absolute atomic E-state index is 0.179. The first-order valence-corrected chi connectivity index (χ1v) is 7.87. The molecule has 0 bridgehead atoms. The minimum Gasteiger partial charge on any atom is -0.494 e. The first-order chi connectivity index (χ1) is 9.11. The van der Waals surface area contributed by atoms with Gasteiger partial charge in [-0.15, -0.1) is 22.9 Å². The van der Waals surface area contributed by atoms with Gasteiger partial charge in [0.25, 0.3) is 0 Å². The molecule has 0 fully saturated rings. The number of alkyl halides is 1. The Hall–Kier alpha value is -0.700. The topological polar surface area (TPSA) is 9.23 Å². The third kappa shape index (κ3) is 3.65. The molecule has 1 unspecified atom stereocenters. The molecule has 4 heteroatoms. The zero-order valence-electron chi connectivity index (χ0n) is 11.0. The van der Waals surface area contributed by atoms with Gasteiger partial charge in [-0.2, -0.15) is 0 Å². The summed E-state index contributed by atoms with van der Waals surface area (Å²) in [6.07, 6.45) is 0.994. The van der Waals surface area contributed by atoms with E-state index in [2.05, 4.69) is 6.92 Å². The van der Waals surface area contributed by atoms with Crippen molar-refractivity contribution in [2.75, 3.05) is 6.61 Å². The second-order valence-electron chi connectivity index (χ2n) is 4.39. The van der Waals surface area contributed by atoms with Crippen LogP contribution in [-0.2, 0) is 0 Å². The van der Waals surface area contributed by atoms with E-state index in [1.165, 1.54) is 11.3 Å². The maximum absolute atomic E-state index is 6.52. The molecular weight excluding hydrogens is 299 g/mol. The molecule has 0 spiro atoms. The largest absolute Gasteiger partial charge is 0.494 e. The van der Waals surface area contributed by atoms with Gasteiger partial charge in [0.2, 0.25) is 0 Å². The van der Waals surface area contributed by atoms with E-state index >= 15 is 0 Å². The number of hydrogen-bond acceptors (Lipinski definition) is 2. The van der Waals surface area contributed by atoms with Gasteiger partial charge in [0.05, 0.1) is 16.3 Å². The Labute approximate surface area is 128 Å². The smallest absolute Gasteiger partial charge is 0.119 e. The maximum atomic E-state index is 6.52. The van der Waals surface area contributed by atoms with Crippen LogP contribution in [0.3, 0.4) is 0 Å². The van der Waals surface area contributed by atoms with Crippen LogP contribution in [0.5, 0.6) is 5.75 Å². The van der Waals surface area contributed by atoms with Crippen LogP contribution >= 0.6 is 34.5 Å². The molecule has 0 saturated carbocycles. The Morgan fingerprint density at radius 3 is 2.74 bits per heavy atom. The molecule has 1 heterocycles. The molecule has 0 amide bonds. The molecule has 102 valence electrons. The van der Waals surface area contributed by atoms with E-state index in [1.54, 1.807) is 0 Å². The fourth-order valence-electron chi connectivity index (χ4n) is 1.75. The van der Waals surface area contributed by atoms with Crippen LogP contribution in [-0.4, -0.2) is 6.61 Å². The van der Waals surface area contributed by atoms with Crippen molar-refractivity contribution in [3.63, 3.8) is 0 Å². The first-order valence-electron chi connectivity index (χ1n) is 6.24. The summed E-state index contributed by atoms with van der Waals surface area (Å²) in [7, 11) is 0. The minimum atomic E-state index is -0.179. The average Bonchev–Trinajstić information content (AvgIpc) is 2.76. The molecule has 1 nitrogen and oxygen atoms in total. The number of halogens is 2. The second-order valence-corrected chi connectivity index (χ2v) is 6.51. The van der Waals surface area contributed by atoms with Gasteiger partial charge in [-0.05, 0) is 42.7 Å². The Kier molecular flexibility index (Phi) is 5.14. The highest BCUT2D eigenvalue weighted by Gasteiger charge is 2.15. The molecule has 1 atom stereocenters. The van der Waals surface area contributed by atoms with E-state index in [-0.39, 0.29) is 5.38 Å². The lowest BCUT2D eigenvalue weighted by Crippen LogP contribution is -1.96. The van der Waals surface area contributed by atoms with E-state index in [9.17, 15) is 0 Å². The average molecular weight is 315 g/mol. The van der Waals surface area contributed by atoms with E-state index in [0.717, 1.165) is 39.1 Å². The fraction of sp³-hybridized carbons (Fsp3) is 0.333. The Morgan fingerprint density at radius 2 is 2.11 bits per heavy atom. The van der Waals surface area contributed by atoms with Crippen molar-refractivity contribution >= 4 is 34.5 Å². The summed E-state index contributed by atoms with van der Waals surface area (Å²) >= 11 is 14.1. The second kappa shape index (κ2) is 6.65. The zero-order valence-corrected chi connectivity index (χ0v) is 13.3. The molecule has 0 N–H and O–H groups in total. The summed E-state index contributed by atoms with van der Waals surface area (Å²) in [6.45, 7) is 4.80. The summed E-state index contributed by atoms with van der Waals surface area (Å²) in [5, 5.41) is -0.179. The number of thiophene rings is 1. The standard InChI is InChI=1S/C15H16Cl2OS/c1-3-7-18-12-6-4-5-11(9-12)14(16)13-8-10(2)15(17)19-13/h4-6,8-9,14H,3,7H2,1-2H3. The lowest BCUT2D eigenvalue weighted by molar-refractivity contribution is 0.317. The van der Waals surface area contributed by atoms with Gasteiger partial charge in [-0.3, -0.25) is 0 Å². The monoisotopic (exact) mass is 314 g/mol. The quantitative estimate of drug-likeness (QED) is 0.631. The molecule has 2 rings (SSSR count). The third-order valence-corrected chi connectivity index (χ3v) is 4.99. The first kappa shape index (κ1) is 14.7. The molecule has 0 aliphatic rings. The Bertz CT molecular complexity index is 531. The van der Waals surface area contributed by atoms with Gasteiger partial charge in [-0.25, -0.2) is 0 Å². The normalized spacial score (nSPS) is 12.4. The van der Waals surface area contributed by atoms with Crippen LogP contribution in [0.2, 0.25) is 4.34 Å². The van der Waals surface area contributed by atoms with E-state index in [1.807, 2.05) is 37.3 Å². The lowest BCUT2D eigenvalue weighted by atomic mass is 10.1. The summed E-state index contributed by atoms with van der Waals surface area (Å²) in [5.41, 5.74) is 2.11. The van der Waals surface area contributed by atoms with Crippen LogP contribution in [0, 0.1) is 6.92 Å². The number of ether oxygens (including phenoxy) is 1. The Morgan fingerprint density at radius 1 is 1.32 bits per heavy atom. The molecule has 0 radical (unpaired) electrons.